The van der Waals surface area contributed by atoms with E-state index in [4.69, 9.17) is 10.00 Å². The molecule has 128 valence electrons. The summed E-state index contributed by atoms with van der Waals surface area (Å²) in [5.74, 6) is -0.501. The van der Waals surface area contributed by atoms with Gasteiger partial charge in [-0.05, 0) is 36.4 Å². The van der Waals surface area contributed by atoms with E-state index in [9.17, 15) is 9.59 Å². The van der Waals surface area contributed by atoms with Crippen molar-refractivity contribution in [1.82, 2.24) is 0 Å². The summed E-state index contributed by atoms with van der Waals surface area (Å²) in [5.41, 5.74) is 2.34. The Bertz CT molecular complexity index is 799. The molecule has 2 aromatic carbocycles. The molecule has 2 rings (SSSR count). The van der Waals surface area contributed by atoms with Crippen molar-refractivity contribution in [2.75, 3.05) is 36.2 Å². The summed E-state index contributed by atoms with van der Waals surface area (Å²) in [7, 11) is 1.45. The van der Waals surface area contributed by atoms with Crippen molar-refractivity contribution >= 4 is 28.9 Å². The van der Waals surface area contributed by atoms with E-state index in [1.165, 1.54) is 7.11 Å². The molecule has 0 fully saturated rings. The molecule has 0 aliphatic carbocycles. The summed E-state index contributed by atoms with van der Waals surface area (Å²) in [5, 5.41) is 17.2. The Morgan fingerprint density at radius 2 is 1.64 bits per heavy atom. The third-order valence-electron chi connectivity index (χ3n) is 3.15. The molecule has 7 nitrogen and oxygen atoms in total. The number of amides is 2. The number of ether oxygens (including phenoxy) is 1. The predicted octanol–water partition coefficient (Wildman–Crippen LogP) is 2.19. The highest BCUT2D eigenvalue weighted by Crippen LogP contribution is 2.15. The van der Waals surface area contributed by atoms with Gasteiger partial charge in [-0.3, -0.25) is 9.59 Å². The zero-order valence-corrected chi connectivity index (χ0v) is 13.7. The zero-order chi connectivity index (χ0) is 18.1. The Balaban J connectivity index is 1.89. The molecule has 0 saturated carbocycles. The van der Waals surface area contributed by atoms with Crippen LogP contribution in [0.5, 0.6) is 0 Å². The smallest absolute Gasteiger partial charge is 0.250 e. The number of hydrogen-bond donors (Lipinski definition) is 3. The van der Waals surface area contributed by atoms with Gasteiger partial charge in [-0.1, -0.05) is 12.1 Å². The van der Waals surface area contributed by atoms with Crippen LogP contribution in [0.1, 0.15) is 5.56 Å². The van der Waals surface area contributed by atoms with Crippen LogP contribution in [-0.2, 0) is 14.3 Å². The normalized spacial score (nSPS) is 9.76. The van der Waals surface area contributed by atoms with E-state index in [1.54, 1.807) is 48.5 Å². The zero-order valence-electron chi connectivity index (χ0n) is 13.7. The lowest BCUT2D eigenvalue weighted by Gasteiger charge is -2.10. The van der Waals surface area contributed by atoms with E-state index in [2.05, 4.69) is 16.0 Å². The summed E-state index contributed by atoms with van der Waals surface area (Å²) in [6, 6.07) is 15.7. The highest BCUT2D eigenvalue weighted by Gasteiger charge is 2.05. The number of nitrogens with zero attached hydrogens (tertiary/aromatic N) is 1. The van der Waals surface area contributed by atoms with E-state index in [-0.39, 0.29) is 25.0 Å². The average molecular weight is 338 g/mol. The van der Waals surface area contributed by atoms with Crippen LogP contribution in [0.15, 0.2) is 48.5 Å². The monoisotopic (exact) mass is 338 g/mol. The van der Waals surface area contributed by atoms with Crippen LogP contribution in [0.25, 0.3) is 0 Å². The number of nitriles is 1. The first-order valence-electron chi connectivity index (χ1n) is 7.53. The van der Waals surface area contributed by atoms with Crippen LogP contribution in [0.3, 0.4) is 0 Å². The lowest BCUT2D eigenvalue weighted by atomic mass is 10.2. The van der Waals surface area contributed by atoms with E-state index < -0.39 is 0 Å². The minimum absolute atomic E-state index is 0.0260. The first-order chi connectivity index (χ1) is 12.1. The van der Waals surface area contributed by atoms with Gasteiger partial charge in [0.15, 0.2) is 0 Å². The maximum absolute atomic E-state index is 12.0. The second kappa shape index (κ2) is 9.05. The maximum Gasteiger partial charge on any atom is 0.250 e. The van der Waals surface area contributed by atoms with Crippen LogP contribution < -0.4 is 16.0 Å². The minimum atomic E-state index is -0.255. The summed E-state index contributed by atoms with van der Waals surface area (Å²) >= 11 is 0. The van der Waals surface area contributed by atoms with Crippen molar-refractivity contribution in [3.05, 3.63) is 54.1 Å². The quantitative estimate of drug-likeness (QED) is 0.718. The number of hydrogen-bond acceptors (Lipinski definition) is 5. The Labute approximate surface area is 145 Å². The predicted molar refractivity (Wildman–Crippen MR) is 95.2 cm³/mol. The Hall–Kier alpha value is -3.37. The van der Waals surface area contributed by atoms with Gasteiger partial charge in [-0.2, -0.15) is 5.26 Å². The molecule has 0 aromatic heterocycles. The number of methoxy groups -OCH3 is 1. The molecule has 0 spiro atoms. The van der Waals surface area contributed by atoms with Crippen molar-refractivity contribution < 1.29 is 14.3 Å². The number of carbonyl (C=O) groups is 2. The van der Waals surface area contributed by atoms with Gasteiger partial charge in [0.05, 0.1) is 18.2 Å². The molecule has 0 aliphatic rings. The second-order valence-electron chi connectivity index (χ2n) is 5.16. The van der Waals surface area contributed by atoms with Crippen LogP contribution in [0, 0.1) is 11.3 Å². The van der Waals surface area contributed by atoms with Crippen LogP contribution >= 0.6 is 0 Å². The van der Waals surface area contributed by atoms with E-state index in [0.717, 1.165) is 0 Å². The lowest BCUT2D eigenvalue weighted by molar-refractivity contribution is -0.119. The standard InChI is InChI=1S/C18H18N4O3/c1-25-12-18(24)22-16-7-3-5-14(9-16)20-11-17(23)21-15-6-2-4-13(8-15)10-19/h2-9,20H,11-12H2,1H3,(H,21,23)(H,22,24). The molecule has 0 radical (unpaired) electrons. The fraction of sp³-hybridized carbons (Fsp3) is 0.167. The van der Waals surface area contributed by atoms with Crippen LogP contribution in [0.4, 0.5) is 17.1 Å². The highest BCUT2D eigenvalue weighted by atomic mass is 16.5. The van der Waals surface area contributed by atoms with Gasteiger partial charge in [0, 0.05) is 24.2 Å². The largest absolute Gasteiger partial charge is 0.376 e. The first kappa shape index (κ1) is 18.0. The molecule has 2 aromatic rings. The molecule has 0 aliphatic heterocycles. The molecule has 3 N–H and O–H groups in total. The number of nitrogens with one attached hydrogen (secondary N) is 3. The molecular weight excluding hydrogens is 320 g/mol. The molecule has 2 amide bonds. The number of rotatable bonds is 7. The van der Waals surface area contributed by atoms with Crippen molar-refractivity contribution in [3.8, 4) is 6.07 Å². The topological polar surface area (TPSA) is 103 Å². The van der Waals surface area contributed by atoms with Gasteiger partial charge >= 0.3 is 0 Å². The summed E-state index contributed by atoms with van der Waals surface area (Å²) in [6.07, 6.45) is 0. The average Bonchev–Trinajstić information content (AvgIpc) is 2.60. The highest BCUT2D eigenvalue weighted by molar-refractivity contribution is 5.94. The van der Waals surface area contributed by atoms with Crippen molar-refractivity contribution in [1.29, 1.82) is 5.26 Å². The van der Waals surface area contributed by atoms with Crippen LogP contribution in [0.2, 0.25) is 0 Å². The van der Waals surface area contributed by atoms with E-state index in [1.807, 2.05) is 6.07 Å². The van der Waals surface area contributed by atoms with Crippen LogP contribution in [-0.4, -0.2) is 32.1 Å². The van der Waals surface area contributed by atoms with Gasteiger partial charge in [0.1, 0.15) is 6.61 Å². The molecular formula is C18H18N4O3. The molecule has 25 heavy (non-hydrogen) atoms. The van der Waals surface area contributed by atoms with Gasteiger partial charge in [-0.25, -0.2) is 0 Å². The SMILES string of the molecule is COCC(=O)Nc1cccc(NCC(=O)Nc2cccc(C#N)c2)c1. The van der Waals surface area contributed by atoms with Gasteiger partial charge in [-0.15, -0.1) is 0 Å². The van der Waals surface area contributed by atoms with E-state index >= 15 is 0 Å². The Kier molecular flexibility index (Phi) is 6.51. The van der Waals surface area contributed by atoms with E-state index in [0.29, 0.717) is 22.6 Å². The van der Waals surface area contributed by atoms with Crippen molar-refractivity contribution in [2.45, 2.75) is 0 Å². The summed E-state index contributed by atoms with van der Waals surface area (Å²) in [4.78, 5) is 23.5. The number of benzene rings is 2. The second-order valence-corrected chi connectivity index (χ2v) is 5.16. The first-order valence-corrected chi connectivity index (χ1v) is 7.53. The van der Waals surface area contributed by atoms with Crippen molar-refractivity contribution in [3.63, 3.8) is 0 Å². The molecule has 7 heteroatoms. The Morgan fingerprint density at radius 1 is 1.00 bits per heavy atom. The summed E-state index contributed by atoms with van der Waals surface area (Å²) < 4.78 is 4.76. The third kappa shape index (κ3) is 5.97. The fourth-order valence-corrected chi connectivity index (χ4v) is 2.09. The Morgan fingerprint density at radius 3 is 2.36 bits per heavy atom. The minimum Gasteiger partial charge on any atom is -0.376 e. The third-order valence-corrected chi connectivity index (χ3v) is 3.15. The number of anilines is 3. The maximum atomic E-state index is 12.0. The van der Waals surface area contributed by atoms with Crippen molar-refractivity contribution in [2.24, 2.45) is 0 Å². The fourth-order valence-electron chi connectivity index (χ4n) is 2.09. The van der Waals surface area contributed by atoms with Gasteiger partial charge in [0.2, 0.25) is 11.8 Å². The molecule has 0 heterocycles. The molecule has 0 bridgehead atoms. The number of carbonyl (C=O) groups excluding carboxylic acids is 2. The lowest BCUT2D eigenvalue weighted by Crippen LogP contribution is -2.22. The molecule has 0 saturated heterocycles. The van der Waals surface area contributed by atoms with Gasteiger partial charge < -0.3 is 20.7 Å². The summed E-state index contributed by atoms with van der Waals surface area (Å²) in [6.45, 7) is 0.0219. The van der Waals surface area contributed by atoms with Gasteiger partial charge in [0.25, 0.3) is 0 Å². The molecule has 0 unspecified atom stereocenters. The molecule has 0 atom stereocenters.